The van der Waals surface area contributed by atoms with Gasteiger partial charge in [-0.1, -0.05) is 12.1 Å². The normalized spacial score (nSPS) is 20.9. The number of hydrogen-bond donors (Lipinski definition) is 0. The summed E-state index contributed by atoms with van der Waals surface area (Å²) in [7, 11) is 0. The fourth-order valence-corrected chi connectivity index (χ4v) is 3.14. The van der Waals surface area contributed by atoms with Gasteiger partial charge in [0, 0.05) is 24.3 Å². The van der Waals surface area contributed by atoms with Gasteiger partial charge < -0.3 is 9.64 Å². The molecule has 0 spiro atoms. The molecule has 4 heteroatoms. The standard InChI is InChI=1S/C16H20N2O2/c1-13-3-4-14(16(17-12-19)5-2-6-16)15(11-13)18-7-9-20-10-8-18/h3-4,11H,2,5-10H2,1H3. The van der Waals surface area contributed by atoms with Gasteiger partial charge in [0.25, 0.3) is 0 Å². The van der Waals surface area contributed by atoms with E-state index in [0.29, 0.717) is 0 Å². The highest BCUT2D eigenvalue weighted by atomic mass is 16.5. The minimum Gasteiger partial charge on any atom is -0.378 e. The van der Waals surface area contributed by atoms with Gasteiger partial charge in [-0.15, -0.1) is 0 Å². The molecule has 0 aromatic heterocycles. The first kappa shape index (κ1) is 13.3. The molecule has 20 heavy (non-hydrogen) atoms. The number of anilines is 1. The van der Waals surface area contributed by atoms with Crippen molar-refractivity contribution in [3.63, 3.8) is 0 Å². The molecule has 1 heterocycles. The quantitative estimate of drug-likeness (QED) is 0.627. The Morgan fingerprint density at radius 1 is 1.30 bits per heavy atom. The third kappa shape index (κ3) is 2.26. The Morgan fingerprint density at radius 3 is 2.65 bits per heavy atom. The van der Waals surface area contributed by atoms with Crippen molar-refractivity contribution in [2.24, 2.45) is 4.99 Å². The largest absolute Gasteiger partial charge is 0.378 e. The van der Waals surface area contributed by atoms with Gasteiger partial charge in [-0.3, -0.25) is 0 Å². The summed E-state index contributed by atoms with van der Waals surface area (Å²) in [4.78, 5) is 17.3. The Bertz CT molecular complexity index is 539. The van der Waals surface area contributed by atoms with E-state index in [1.807, 2.05) is 0 Å². The first-order valence-electron chi connectivity index (χ1n) is 7.28. The van der Waals surface area contributed by atoms with E-state index in [1.54, 1.807) is 6.08 Å². The van der Waals surface area contributed by atoms with E-state index >= 15 is 0 Å². The first-order chi connectivity index (χ1) is 9.75. The Balaban J connectivity index is 2.03. The number of isocyanates is 1. The summed E-state index contributed by atoms with van der Waals surface area (Å²) >= 11 is 0. The molecule has 2 aliphatic rings. The second-order valence-electron chi connectivity index (χ2n) is 5.71. The topological polar surface area (TPSA) is 41.9 Å². The highest BCUT2D eigenvalue weighted by Crippen LogP contribution is 2.48. The molecule has 1 saturated carbocycles. The van der Waals surface area contributed by atoms with Crippen LogP contribution in [0.3, 0.4) is 0 Å². The second kappa shape index (κ2) is 5.39. The van der Waals surface area contributed by atoms with Crippen LogP contribution in [0.2, 0.25) is 0 Å². The number of rotatable bonds is 3. The molecule has 1 saturated heterocycles. The molecule has 0 radical (unpaired) electrons. The van der Waals surface area contributed by atoms with E-state index in [0.717, 1.165) is 45.6 Å². The van der Waals surface area contributed by atoms with Gasteiger partial charge in [-0.25, -0.2) is 4.79 Å². The SMILES string of the molecule is Cc1ccc(C2(N=C=O)CCC2)c(N2CCOCC2)c1. The van der Waals surface area contributed by atoms with E-state index in [-0.39, 0.29) is 5.54 Å². The third-order valence-corrected chi connectivity index (χ3v) is 4.45. The molecular formula is C16H20N2O2. The van der Waals surface area contributed by atoms with Crippen LogP contribution < -0.4 is 4.90 Å². The summed E-state index contributed by atoms with van der Waals surface area (Å²) in [6.07, 6.45) is 4.81. The molecule has 0 atom stereocenters. The van der Waals surface area contributed by atoms with Crippen LogP contribution >= 0.6 is 0 Å². The molecule has 4 nitrogen and oxygen atoms in total. The van der Waals surface area contributed by atoms with E-state index in [4.69, 9.17) is 4.74 Å². The van der Waals surface area contributed by atoms with Gasteiger partial charge in [0.05, 0.1) is 13.2 Å². The number of hydrogen-bond acceptors (Lipinski definition) is 4. The predicted molar refractivity (Wildman–Crippen MR) is 77.9 cm³/mol. The molecule has 1 aromatic rings. The number of morpholine rings is 1. The highest BCUT2D eigenvalue weighted by Gasteiger charge is 2.41. The number of benzene rings is 1. The molecule has 0 N–H and O–H groups in total. The van der Waals surface area contributed by atoms with Crippen molar-refractivity contribution in [1.82, 2.24) is 0 Å². The van der Waals surface area contributed by atoms with Crippen LogP contribution in [0.1, 0.15) is 30.4 Å². The maximum Gasteiger partial charge on any atom is 0.235 e. The Kier molecular flexibility index (Phi) is 3.60. The predicted octanol–water partition coefficient (Wildman–Crippen LogP) is 2.55. The Labute approximate surface area is 119 Å². The molecule has 1 aliphatic carbocycles. The fraction of sp³-hybridized carbons (Fsp3) is 0.562. The zero-order valence-electron chi connectivity index (χ0n) is 11.9. The lowest BCUT2D eigenvalue weighted by atomic mass is 9.71. The van der Waals surface area contributed by atoms with Crippen LogP contribution in [0.5, 0.6) is 0 Å². The Morgan fingerprint density at radius 2 is 2.05 bits per heavy atom. The lowest BCUT2D eigenvalue weighted by molar-refractivity contribution is 0.122. The molecule has 1 aliphatic heterocycles. The van der Waals surface area contributed by atoms with Crippen LogP contribution in [-0.2, 0) is 15.1 Å². The molecule has 1 aromatic carbocycles. The average molecular weight is 272 g/mol. The minimum absolute atomic E-state index is 0.330. The van der Waals surface area contributed by atoms with Crippen molar-refractivity contribution in [2.45, 2.75) is 31.7 Å². The smallest absolute Gasteiger partial charge is 0.235 e. The van der Waals surface area contributed by atoms with Crippen molar-refractivity contribution in [2.75, 3.05) is 31.2 Å². The Hall–Kier alpha value is -1.64. The van der Waals surface area contributed by atoms with Crippen LogP contribution in [-0.4, -0.2) is 32.4 Å². The third-order valence-electron chi connectivity index (χ3n) is 4.45. The molecule has 3 rings (SSSR count). The van der Waals surface area contributed by atoms with E-state index < -0.39 is 0 Å². The van der Waals surface area contributed by atoms with Crippen LogP contribution in [0, 0.1) is 6.92 Å². The fourth-order valence-electron chi connectivity index (χ4n) is 3.14. The summed E-state index contributed by atoms with van der Waals surface area (Å²) in [5.74, 6) is 0. The monoisotopic (exact) mass is 272 g/mol. The van der Waals surface area contributed by atoms with Gasteiger partial charge >= 0.3 is 0 Å². The maximum atomic E-state index is 10.8. The number of aliphatic imine (C=N–C) groups is 1. The molecule has 106 valence electrons. The number of nitrogens with zero attached hydrogens (tertiary/aromatic N) is 2. The summed E-state index contributed by atoms with van der Waals surface area (Å²) in [6.45, 7) is 5.42. The van der Waals surface area contributed by atoms with E-state index in [9.17, 15) is 4.79 Å². The second-order valence-corrected chi connectivity index (χ2v) is 5.71. The number of carbonyl (C=O) groups excluding carboxylic acids is 1. The maximum absolute atomic E-state index is 10.8. The lowest BCUT2D eigenvalue weighted by Crippen LogP contribution is -2.40. The molecule has 0 amide bonds. The average Bonchev–Trinajstić information content (AvgIpc) is 2.44. The van der Waals surface area contributed by atoms with Crippen molar-refractivity contribution < 1.29 is 9.53 Å². The van der Waals surface area contributed by atoms with Crippen molar-refractivity contribution in [1.29, 1.82) is 0 Å². The molecule has 0 bridgehead atoms. The van der Waals surface area contributed by atoms with E-state index in [2.05, 4.69) is 35.0 Å². The molecule has 2 fully saturated rings. The highest BCUT2D eigenvalue weighted by molar-refractivity contribution is 5.60. The zero-order valence-corrected chi connectivity index (χ0v) is 11.9. The van der Waals surface area contributed by atoms with Crippen molar-refractivity contribution >= 4 is 11.8 Å². The van der Waals surface area contributed by atoms with Gasteiger partial charge in [0.15, 0.2) is 0 Å². The zero-order chi connectivity index (χ0) is 14.0. The van der Waals surface area contributed by atoms with Gasteiger partial charge in [-0.2, -0.15) is 4.99 Å². The van der Waals surface area contributed by atoms with E-state index in [1.165, 1.54) is 16.8 Å². The number of ether oxygens (including phenoxy) is 1. The summed E-state index contributed by atoms with van der Waals surface area (Å²) < 4.78 is 5.44. The van der Waals surface area contributed by atoms with Gasteiger partial charge in [0.2, 0.25) is 6.08 Å². The van der Waals surface area contributed by atoms with Gasteiger partial charge in [0.1, 0.15) is 5.54 Å². The van der Waals surface area contributed by atoms with Crippen LogP contribution in [0.25, 0.3) is 0 Å². The minimum atomic E-state index is -0.330. The van der Waals surface area contributed by atoms with Crippen LogP contribution in [0.4, 0.5) is 5.69 Å². The van der Waals surface area contributed by atoms with Crippen LogP contribution in [0.15, 0.2) is 23.2 Å². The van der Waals surface area contributed by atoms with Crippen molar-refractivity contribution in [3.05, 3.63) is 29.3 Å². The lowest BCUT2D eigenvalue weighted by Gasteiger charge is -2.41. The van der Waals surface area contributed by atoms with Gasteiger partial charge in [-0.05, 0) is 37.8 Å². The van der Waals surface area contributed by atoms with Crippen molar-refractivity contribution in [3.8, 4) is 0 Å². The summed E-state index contributed by atoms with van der Waals surface area (Å²) in [5.41, 5.74) is 3.30. The first-order valence-corrected chi connectivity index (χ1v) is 7.28. The molecular weight excluding hydrogens is 252 g/mol. The summed E-state index contributed by atoms with van der Waals surface area (Å²) in [5, 5.41) is 0. The number of aryl methyl sites for hydroxylation is 1. The summed E-state index contributed by atoms with van der Waals surface area (Å²) in [6, 6.07) is 6.46. The molecule has 0 unspecified atom stereocenters.